The number of hydrogen-bond donors (Lipinski definition) is 2. The Bertz CT molecular complexity index is 6800. The third-order valence-electron chi connectivity index (χ3n) is 22.6. The number of ether oxygens (including phenoxy) is 2. The minimum absolute atomic E-state index is 0. The van der Waals surface area contributed by atoms with Gasteiger partial charge in [-0.2, -0.15) is 9.59 Å². The maximum Gasteiger partial charge on any atom is 0.180 e. The van der Waals surface area contributed by atoms with Crippen molar-refractivity contribution in [2.24, 2.45) is 28.2 Å². The van der Waals surface area contributed by atoms with Crippen molar-refractivity contribution in [2.45, 2.75) is 288 Å². The van der Waals surface area contributed by atoms with E-state index in [4.69, 9.17) is 55.9 Å². The van der Waals surface area contributed by atoms with E-state index in [1.54, 1.807) is 49.8 Å². The number of tetrazole rings is 4. The SMILES string of the molecule is C.C.C.C.C.COc1ccc2c(c1)c(SC(C)(C)C)c(CC(C)(C)c1nnn(C)n1)n2Cc1ccc(Cl)cc1.COc1ccc2c(c1)c(SC(C)(C)C)c(CC(C)(C)c1nnnn1C)n2Cc1ccc(Cl)cc1.Cn1nnc(C(C)(C)Cc2c(SC(C)(C)C)c3cc(O)ccc3n2Cc2ccc(Cl)cc2)n1.Cn1nnnc1C(C)(C)Cc1c(SC(C)(C)C)c2cc(O)ccc2n1Cc1ccc(Cl)cc1. The summed E-state index contributed by atoms with van der Waals surface area (Å²) in [6.45, 7) is 47.1. The molecule has 0 amide bonds. The molecule has 8 heterocycles. The summed E-state index contributed by atoms with van der Waals surface area (Å²) in [6.07, 6.45) is 3.01. The molecule has 0 radical (unpaired) electrons. The Morgan fingerprint density at radius 1 is 0.302 bits per heavy atom. The molecule has 0 spiro atoms. The molecule has 24 nitrogen and oxygen atoms in total. The van der Waals surface area contributed by atoms with E-state index in [9.17, 15) is 10.2 Å². The average molecular weight is 2040 g/mol. The molecule has 0 unspecified atom stereocenters. The maximum absolute atomic E-state index is 10.3. The highest BCUT2D eigenvalue weighted by atomic mass is 35.5. The van der Waals surface area contributed by atoms with Gasteiger partial charge in [-0.15, -0.1) is 77.6 Å². The minimum atomic E-state index is -0.338. The number of fused-ring (bicyclic) bond motifs is 4. The highest BCUT2D eigenvalue weighted by molar-refractivity contribution is 8.01. The van der Waals surface area contributed by atoms with Crippen LogP contribution in [0.3, 0.4) is 0 Å². The lowest BCUT2D eigenvalue weighted by atomic mass is 9.86. The molecule has 16 aromatic rings. The Morgan fingerprint density at radius 2 is 0.540 bits per heavy atom. The van der Waals surface area contributed by atoms with Crippen LogP contribution in [0.15, 0.2) is 189 Å². The van der Waals surface area contributed by atoms with Crippen LogP contribution < -0.4 is 9.47 Å². The summed E-state index contributed by atoms with van der Waals surface area (Å²) in [4.78, 5) is 7.94. The number of methoxy groups -OCH3 is 2. The molecule has 0 bridgehead atoms. The van der Waals surface area contributed by atoms with Crippen molar-refractivity contribution in [2.75, 3.05) is 14.2 Å². The summed E-state index contributed by atoms with van der Waals surface area (Å²) < 4.78 is 24.3. The van der Waals surface area contributed by atoms with Gasteiger partial charge < -0.3 is 38.0 Å². The van der Waals surface area contributed by atoms with E-state index >= 15 is 0 Å². The summed E-state index contributed by atoms with van der Waals surface area (Å²) in [5.41, 5.74) is 13.0. The van der Waals surface area contributed by atoms with Gasteiger partial charge in [0.1, 0.15) is 23.0 Å². The van der Waals surface area contributed by atoms with Gasteiger partial charge in [-0.05, 0) is 175 Å². The smallest absolute Gasteiger partial charge is 0.180 e. The fraction of sp³-hybridized carbons (Fsp3) is 0.439. The largest absolute Gasteiger partial charge is 0.508 e. The molecule has 0 aliphatic rings. The number of rotatable bonds is 26. The number of aryl methyl sites for hydroxylation is 4. The number of halogens is 4. The molecule has 0 aliphatic heterocycles. The van der Waals surface area contributed by atoms with Crippen molar-refractivity contribution in [1.29, 1.82) is 0 Å². The van der Waals surface area contributed by atoms with E-state index in [-0.39, 0.29) is 89.3 Å². The third kappa shape index (κ3) is 28.3. The molecular weight excluding hydrogens is 1900 g/mol. The van der Waals surface area contributed by atoms with Crippen LogP contribution in [-0.2, 0) is 102 Å². The van der Waals surface area contributed by atoms with E-state index in [1.165, 1.54) is 84.9 Å². The Morgan fingerprint density at radius 3 is 0.755 bits per heavy atom. The summed E-state index contributed by atoms with van der Waals surface area (Å²) in [5.74, 6) is 5.39. The fourth-order valence-corrected chi connectivity index (χ4v) is 21.8. The number of phenols is 2. The molecule has 0 saturated heterocycles. The Hall–Kier alpha value is -10.0. The quantitative estimate of drug-likeness (QED) is 0.0478. The molecule has 16 rings (SSSR count). The lowest BCUT2D eigenvalue weighted by molar-refractivity contribution is 0.415. The van der Waals surface area contributed by atoms with Gasteiger partial charge in [0, 0.05) is 213 Å². The maximum atomic E-state index is 10.3. The molecular formula is C107H144Cl4N20O4S4. The van der Waals surface area contributed by atoms with Crippen molar-refractivity contribution in [3.63, 3.8) is 0 Å². The van der Waals surface area contributed by atoms with E-state index in [0.29, 0.717) is 18.9 Å². The van der Waals surface area contributed by atoms with Crippen molar-refractivity contribution in [1.82, 2.24) is 99.1 Å². The number of aromatic nitrogens is 20. The first kappa shape index (κ1) is 114. The fourth-order valence-electron chi connectivity index (χ4n) is 16.6. The molecule has 0 atom stereocenters. The second-order valence-electron chi connectivity index (χ2n) is 40.7. The lowest BCUT2D eigenvalue weighted by Crippen LogP contribution is -2.27. The first-order valence-corrected chi connectivity index (χ1v) is 49.4. The van der Waals surface area contributed by atoms with Gasteiger partial charge >= 0.3 is 0 Å². The number of hydrogen-bond acceptors (Lipinski definition) is 20. The summed E-state index contributed by atoms with van der Waals surface area (Å²) >= 11 is 32.0. The minimum Gasteiger partial charge on any atom is -0.508 e. The summed E-state index contributed by atoms with van der Waals surface area (Å²) in [7, 11) is 10.8. The highest BCUT2D eigenvalue weighted by Crippen LogP contribution is 2.50. The van der Waals surface area contributed by atoms with E-state index in [0.717, 1.165) is 121 Å². The molecule has 748 valence electrons. The van der Waals surface area contributed by atoms with Crippen LogP contribution in [0.4, 0.5) is 0 Å². The van der Waals surface area contributed by atoms with E-state index in [1.807, 2.05) is 146 Å². The predicted octanol–water partition coefficient (Wildman–Crippen LogP) is 27.7. The topological polar surface area (TPSA) is 253 Å². The van der Waals surface area contributed by atoms with Crippen molar-refractivity contribution >= 4 is 137 Å². The van der Waals surface area contributed by atoms with Gasteiger partial charge in [-0.3, -0.25) is 0 Å². The normalized spacial score (nSPS) is 12.1. The van der Waals surface area contributed by atoms with E-state index in [2.05, 4.69) is 291 Å². The molecule has 8 aromatic carbocycles. The summed E-state index contributed by atoms with van der Waals surface area (Å²) in [6, 6.07) is 56.1. The average Bonchev–Trinajstić information content (AvgIpc) is 1.61. The molecule has 2 N–H and O–H groups in total. The Balaban J connectivity index is 0.000000225. The zero-order chi connectivity index (χ0) is 97.3. The number of thioether (sulfide) groups is 4. The van der Waals surface area contributed by atoms with Crippen LogP contribution in [-0.4, -0.2) is 143 Å². The second-order valence-corrected chi connectivity index (χ2v) is 49.8. The van der Waals surface area contributed by atoms with Gasteiger partial charge in [0.2, 0.25) is 0 Å². The molecule has 139 heavy (non-hydrogen) atoms. The molecule has 8 aromatic heterocycles. The first-order valence-electron chi connectivity index (χ1n) is 44.6. The Kier molecular flexibility index (Phi) is 37.7. The number of nitrogens with zero attached hydrogens (tertiary/aromatic N) is 20. The number of phenolic OH excluding ortho intramolecular Hbond substituents is 2. The predicted molar refractivity (Wildman–Crippen MR) is 585 cm³/mol. The van der Waals surface area contributed by atoms with Crippen LogP contribution >= 0.6 is 93.5 Å². The molecule has 0 saturated carbocycles. The van der Waals surface area contributed by atoms with Gasteiger partial charge in [0.15, 0.2) is 23.3 Å². The van der Waals surface area contributed by atoms with Gasteiger partial charge in [-0.25, -0.2) is 9.36 Å². The van der Waals surface area contributed by atoms with Gasteiger partial charge in [0.05, 0.1) is 28.3 Å². The zero-order valence-corrected chi connectivity index (χ0v) is 87.9. The Labute approximate surface area is 860 Å². The second kappa shape index (κ2) is 45.9. The van der Waals surface area contributed by atoms with Gasteiger partial charge in [0.25, 0.3) is 0 Å². The zero-order valence-electron chi connectivity index (χ0n) is 81.6. The van der Waals surface area contributed by atoms with Crippen LogP contribution in [0.1, 0.15) is 244 Å². The van der Waals surface area contributed by atoms with Crippen LogP contribution in [0.5, 0.6) is 23.0 Å². The van der Waals surface area contributed by atoms with E-state index < -0.39 is 0 Å². The number of benzene rings is 8. The molecule has 32 heteroatoms. The van der Waals surface area contributed by atoms with Crippen LogP contribution in [0.2, 0.25) is 20.1 Å². The van der Waals surface area contributed by atoms with Gasteiger partial charge in [-0.1, -0.05) is 271 Å². The van der Waals surface area contributed by atoms with Crippen molar-refractivity contribution < 1.29 is 19.7 Å². The highest BCUT2D eigenvalue weighted by Gasteiger charge is 2.38. The summed E-state index contributed by atoms with van der Waals surface area (Å²) in [5, 5.41) is 78.5. The standard InChI is InChI=1S/2C26H32ClN5OS.2C25H30ClN5OS.5CH4/c1-25(2,3)34-23-20-14-19(33-7)12-13-21(20)32(16-17-8-10-18(27)11-9-17)22(23)15-26(4,5)24-28-29-30-31(24)6;1-25(2,3)34-23-20-14-19(33-7)12-13-21(20)32(16-17-8-10-18(27)11-9-17)22(23)15-26(4,5)24-28-30-31(6)29-24;1-24(2,3)33-22-19-13-18(32)11-12-20(19)31(15-16-7-9-17(26)10-8-16)21(22)14-25(4,5)23-27-28-29-30(23)6;1-24(2,3)33-22-19-13-18(32)11-12-20(19)31(15-16-7-9-17(26)10-8-16)21(22)14-25(4,5)23-27-29-30(6)28-23;;;;;/h2*8-14H,15-16H2,1-7H3;2*7-13,32H,14-15H2,1-6H3;5*1H4. The molecule has 0 fully saturated rings. The van der Waals surface area contributed by atoms with Crippen LogP contribution in [0.25, 0.3) is 43.6 Å². The number of aromatic hydroxyl groups is 2. The monoisotopic (exact) mass is 2040 g/mol. The third-order valence-corrected chi connectivity index (χ3v) is 28.7. The van der Waals surface area contributed by atoms with Crippen molar-refractivity contribution in [3.05, 3.63) is 258 Å². The first-order chi connectivity index (χ1) is 62.8. The van der Waals surface area contributed by atoms with Crippen LogP contribution in [0, 0.1) is 0 Å². The van der Waals surface area contributed by atoms with Crippen molar-refractivity contribution in [3.8, 4) is 23.0 Å². The molecule has 0 aliphatic carbocycles. The lowest BCUT2D eigenvalue weighted by Gasteiger charge is -2.26.